The van der Waals surface area contributed by atoms with E-state index < -0.39 is 5.60 Å². The third-order valence-corrected chi connectivity index (χ3v) is 7.72. The second-order valence-electron chi connectivity index (χ2n) is 8.86. The summed E-state index contributed by atoms with van der Waals surface area (Å²) in [4.78, 5) is 10.5. The highest BCUT2D eigenvalue weighted by Gasteiger charge is 2.59. The Morgan fingerprint density at radius 2 is 1.87 bits per heavy atom. The summed E-state index contributed by atoms with van der Waals surface area (Å²) in [5.41, 5.74) is 4.61. The van der Waals surface area contributed by atoms with Crippen LogP contribution in [0.5, 0.6) is 0 Å². The molecule has 5 rings (SSSR count). The minimum absolute atomic E-state index is 0.280. The molecule has 0 aromatic heterocycles. The molecule has 2 saturated carbocycles. The lowest BCUT2D eigenvalue weighted by molar-refractivity contribution is -0.314. The molecule has 2 bridgehead atoms. The molecule has 5 aliphatic rings. The summed E-state index contributed by atoms with van der Waals surface area (Å²) in [5.74, 6) is 0.707. The number of aliphatic imine (C=N–C) groups is 1. The molecule has 1 aliphatic heterocycles. The molecule has 0 saturated heterocycles. The van der Waals surface area contributed by atoms with Crippen LogP contribution in [-0.2, 0) is 4.89 Å². The highest BCUT2D eigenvalue weighted by atomic mass is 17.1. The summed E-state index contributed by atoms with van der Waals surface area (Å²) in [6, 6.07) is 0.490. The normalized spacial score (nSPS) is 45.7. The number of nitrogens with zero attached hydrogens (tertiary/aromatic N) is 1. The minimum atomic E-state index is -0.441. The molecular formula is C20H29NO2. The second kappa shape index (κ2) is 5.16. The lowest BCUT2D eigenvalue weighted by Crippen LogP contribution is -2.59. The fourth-order valence-electron chi connectivity index (χ4n) is 6.83. The fourth-order valence-corrected chi connectivity index (χ4v) is 6.83. The van der Waals surface area contributed by atoms with Gasteiger partial charge in [-0.1, -0.05) is 17.6 Å². The van der Waals surface area contributed by atoms with Crippen LogP contribution in [0.1, 0.15) is 83.5 Å². The van der Waals surface area contributed by atoms with Crippen LogP contribution in [0.3, 0.4) is 0 Å². The van der Waals surface area contributed by atoms with Crippen LogP contribution >= 0.6 is 0 Å². The first kappa shape index (κ1) is 14.7. The maximum Gasteiger partial charge on any atom is 0.141 e. The Hall–Kier alpha value is -0.670. The molecular weight excluding hydrogens is 286 g/mol. The molecule has 4 unspecified atom stereocenters. The van der Waals surface area contributed by atoms with Crippen molar-refractivity contribution in [3.05, 3.63) is 11.1 Å². The Balaban J connectivity index is 1.62. The Labute approximate surface area is 139 Å². The van der Waals surface area contributed by atoms with Crippen LogP contribution in [0, 0.1) is 11.3 Å². The van der Waals surface area contributed by atoms with E-state index in [0.29, 0.717) is 12.0 Å². The highest BCUT2D eigenvalue weighted by Crippen LogP contribution is 2.61. The van der Waals surface area contributed by atoms with Gasteiger partial charge in [-0.3, -0.25) is 10.2 Å². The number of hydrogen-bond donors (Lipinski definition) is 1. The van der Waals surface area contributed by atoms with Gasteiger partial charge in [0.1, 0.15) is 5.60 Å². The monoisotopic (exact) mass is 315 g/mol. The topological polar surface area (TPSA) is 41.8 Å². The van der Waals surface area contributed by atoms with Crippen LogP contribution < -0.4 is 0 Å². The van der Waals surface area contributed by atoms with E-state index in [1.807, 2.05) is 0 Å². The Bertz CT molecular complexity index is 580. The van der Waals surface area contributed by atoms with Gasteiger partial charge >= 0.3 is 0 Å². The van der Waals surface area contributed by atoms with Crippen LogP contribution in [0.2, 0.25) is 0 Å². The van der Waals surface area contributed by atoms with Gasteiger partial charge in [0.15, 0.2) is 0 Å². The van der Waals surface area contributed by atoms with Gasteiger partial charge in [0.05, 0.1) is 6.04 Å². The predicted molar refractivity (Wildman–Crippen MR) is 90.6 cm³/mol. The molecule has 2 fully saturated rings. The average Bonchev–Trinajstić information content (AvgIpc) is 2.59. The summed E-state index contributed by atoms with van der Waals surface area (Å²) < 4.78 is 0. The van der Waals surface area contributed by atoms with Crippen LogP contribution in [-0.4, -0.2) is 22.6 Å². The van der Waals surface area contributed by atoms with E-state index in [9.17, 15) is 5.26 Å². The van der Waals surface area contributed by atoms with E-state index in [1.54, 1.807) is 11.1 Å². The zero-order valence-electron chi connectivity index (χ0n) is 14.1. The summed E-state index contributed by atoms with van der Waals surface area (Å²) >= 11 is 0. The zero-order chi connectivity index (χ0) is 15.5. The fraction of sp³-hybridized carbons (Fsp3) is 0.850. The number of rotatable bonds is 1. The highest BCUT2D eigenvalue weighted by molar-refractivity contribution is 5.94. The van der Waals surface area contributed by atoms with Gasteiger partial charge in [0.2, 0.25) is 0 Å². The maximum absolute atomic E-state index is 9.80. The van der Waals surface area contributed by atoms with Crippen molar-refractivity contribution >= 4 is 5.71 Å². The van der Waals surface area contributed by atoms with Crippen LogP contribution in [0.25, 0.3) is 0 Å². The average molecular weight is 315 g/mol. The van der Waals surface area contributed by atoms with Crippen molar-refractivity contribution in [3.8, 4) is 0 Å². The minimum Gasteiger partial charge on any atom is -0.286 e. The van der Waals surface area contributed by atoms with Gasteiger partial charge in [-0.05, 0) is 77.0 Å². The molecule has 0 radical (unpaired) electrons. The quantitative estimate of drug-likeness (QED) is 0.417. The van der Waals surface area contributed by atoms with Gasteiger partial charge < -0.3 is 0 Å². The van der Waals surface area contributed by atoms with Crippen molar-refractivity contribution in [2.75, 3.05) is 0 Å². The molecule has 0 aromatic rings. The van der Waals surface area contributed by atoms with Gasteiger partial charge in [0, 0.05) is 17.0 Å². The van der Waals surface area contributed by atoms with E-state index in [2.05, 4.69) is 0 Å². The molecule has 0 spiro atoms. The van der Waals surface area contributed by atoms with Crippen LogP contribution in [0.15, 0.2) is 16.1 Å². The van der Waals surface area contributed by atoms with Gasteiger partial charge in [0.25, 0.3) is 0 Å². The second-order valence-corrected chi connectivity index (χ2v) is 8.86. The van der Waals surface area contributed by atoms with E-state index in [1.165, 1.54) is 63.5 Å². The van der Waals surface area contributed by atoms with Gasteiger partial charge in [-0.25, -0.2) is 4.89 Å². The molecule has 0 aromatic carbocycles. The van der Waals surface area contributed by atoms with E-state index >= 15 is 0 Å². The van der Waals surface area contributed by atoms with Crippen molar-refractivity contribution in [3.63, 3.8) is 0 Å². The van der Waals surface area contributed by atoms with Crippen molar-refractivity contribution in [2.24, 2.45) is 16.3 Å². The third kappa shape index (κ3) is 1.99. The molecule has 4 atom stereocenters. The van der Waals surface area contributed by atoms with Crippen molar-refractivity contribution in [1.82, 2.24) is 0 Å². The molecule has 1 heterocycles. The van der Waals surface area contributed by atoms with Crippen LogP contribution in [0.4, 0.5) is 0 Å². The third-order valence-electron chi connectivity index (χ3n) is 7.72. The largest absolute Gasteiger partial charge is 0.286 e. The molecule has 23 heavy (non-hydrogen) atoms. The summed E-state index contributed by atoms with van der Waals surface area (Å²) in [6.45, 7) is 0. The molecule has 0 amide bonds. The molecule has 3 nitrogen and oxygen atoms in total. The molecule has 4 aliphatic carbocycles. The summed E-state index contributed by atoms with van der Waals surface area (Å²) in [6.07, 6.45) is 16.0. The zero-order valence-corrected chi connectivity index (χ0v) is 14.1. The maximum atomic E-state index is 9.80. The van der Waals surface area contributed by atoms with Crippen molar-refractivity contribution < 1.29 is 10.1 Å². The standard InChI is InChI=1S/C20H29NO2/c22-23-20-11-4-3-9-17(20)21-18-16-8-5-10-19(18,13-20)12-14-6-1-2-7-15(14)16/h16,18,22H,1-13H2. The number of hydrogen-bond acceptors (Lipinski definition) is 3. The lowest BCUT2D eigenvalue weighted by atomic mass is 9.50. The van der Waals surface area contributed by atoms with Gasteiger partial charge in [-0.2, -0.15) is 0 Å². The van der Waals surface area contributed by atoms with Crippen molar-refractivity contribution in [2.45, 2.75) is 95.1 Å². The molecule has 3 heteroatoms. The number of fused-ring (bicyclic) bond motifs is 2. The van der Waals surface area contributed by atoms with E-state index in [-0.39, 0.29) is 5.41 Å². The summed E-state index contributed by atoms with van der Waals surface area (Å²) in [5, 5.41) is 9.80. The first-order chi connectivity index (χ1) is 11.3. The number of allylic oxidation sites excluding steroid dienone is 1. The smallest absolute Gasteiger partial charge is 0.141 e. The SMILES string of the molecule is OOC12CCCCC1=NC1C3CCCC1(CC1=C3CCCC1)C2. The summed E-state index contributed by atoms with van der Waals surface area (Å²) in [7, 11) is 0. The first-order valence-corrected chi connectivity index (χ1v) is 9.87. The Morgan fingerprint density at radius 3 is 2.78 bits per heavy atom. The van der Waals surface area contributed by atoms with E-state index in [4.69, 9.17) is 9.88 Å². The molecule has 126 valence electrons. The predicted octanol–water partition coefficient (Wildman–Crippen LogP) is 5.06. The van der Waals surface area contributed by atoms with Crippen molar-refractivity contribution in [1.29, 1.82) is 0 Å². The Kier molecular flexibility index (Phi) is 3.29. The van der Waals surface area contributed by atoms with Gasteiger partial charge in [-0.15, -0.1) is 0 Å². The van der Waals surface area contributed by atoms with E-state index in [0.717, 1.165) is 25.7 Å². The Morgan fingerprint density at radius 1 is 1.00 bits per heavy atom. The first-order valence-electron chi connectivity index (χ1n) is 9.87. The lowest BCUT2D eigenvalue weighted by Gasteiger charge is -2.58. The molecule has 1 N–H and O–H groups in total.